The highest BCUT2D eigenvalue weighted by Crippen LogP contribution is 2.24. The molecule has 1 aromatic carbocycles. The average molecular weight is 311 g/mol. The number of fused-ring (bicyclic) bond motifs is 1. The van der Waals surface area contributed by atoms with Gasteiger partial charge in [-0.3, -0.25) is 10.1 Å². The van der Waals surface area contributed by atoms with Crippen molar-refractivity contribution in [3.63, 3.8) is 0 Å². The number of nitrogens with zero attached hydrogens (tertiary/aromatic N) is 2. The molecule has 0 saturated carbocycles. The van der Waals surface area contributed by atoms with Crippen molar-refractivity contribution in [3.8, 4) is 0 Å². The van der Waals surface area contributed by atoms with E-state index in [2.05, 4.69) is 10.3 Å². The van der Waals surface area contributed by atoms with Gasteiger partial charge in [-0.25, -0.2) is 8.42 Å². The fraction of sp³-hybridized carbons (Fsp3) is 0.417. The van der Waals surface area contributed by atoms with E-state index in [0.717, 1.165) is 0 Å². The Hall–Kier alpha value is -2.16. The molecular formula is C12H13N3O5S. The Morgan fingerprint density at radius 1 is 1.48 bits per heavy atom. The molecule has 21 heavy (non-hydrogen) atoms. The molecule has 0 bridgehead atoms. The number of hydrogen-bond donors (Lipinski definition) is 1. The number of non-ortho nitro benzene ring substituents is 1. The first-order valence-electron chi connectivity index (χ1n) is 6.42. The summed E-state index contributed by atoms with van der Waals surface area (Å²) >= 11 is 0. The summed E-state index contributed by atoms with van der Waals surface area (Å²) in [4.78, 5) is 14.3. The van der Waals surface area contributed by atoms with Crippen LogP contribution in [-0.4, -0.2) is 36.4 Å². The number of benzene rings is 1. The second kappa shape index (κ2) is 4.99. The average Bonchev–Trinajstić information content (AvgIpc) is 2.97. The Morgan fingerprint density at radius 3 is 2.95 bits per heavy atom. The van der Waals surface area contributed by atoms with Crippen LogP contribution in [0.25, 0.3) is 11.1 Å². The number of aromatic nitrogens is 1. The molecule has 0 spiro atoms. The van der Waals surface area contributed by atoms with Crippen molar-refractivity contribution in [2.75, 3.05) is 23.4 Å². The number of nitro benzene ring substituents is 1. The summed E-state index contributed by atoms with van der Waals surface area (Å²) in [7, 11) is -2.91. The summed E-state index contributed by atoms with van der Waals surface area (Å²) < 4.78 is 28.1. The number of rotatable bonds is 4. The molecule has 3 rings (SSSR count). The predicted molar refractivity (Wildman–Crippen MR) is 75.9 cm³/mol. The van der Waals surface area contributed by atoms with Crippen molar-refractivity contribution in [2.45, 2.75) is 6.42 Å². The van der Waals surface area contributed by atoms with Crippen LogP contribution in [-0.2, 0) is 9.84 Å². The van der Waals surface area contributed by atoms with E-state index in [1.807, 2.05) is 0 Å². The monoisotopic (exact) mass is 311 g/mol. The summed E-state index contributed by atoms with van der Waals surface area (Å²) in [6.45, 7) is 0.453. The molecule has 8 nitrogen and oxygen atoms in total. The summed E-state index contributed by atoms with van der Waals surface area (Å²) in [5.74, 6) is 0.435. The van der Waals surface area contributed by atoms with E-state index >= 15 is 0 Å². The summed E-state index contributed by atoms with van der Waals surface area (Å²) in [6, 6.07) is 4.43. The van der Waals surface area contributed by atoms with Gasteiger partial charge in [0.25, 0.3) is 11.7 Å². The van der Waals surface area contributed by atoms with Gasteiger partial charge in [0.15, 0.2) is 15.4 Å². The molecule has 0 amide bonds. The molecule has 1 atom stereocenters. The van der Waals surface area contributed by atoms with Gasteiger partial charge in [-0.05, 0) is 18.4 Å². The Labute approximate surface area is 120 Å². The first kappa shape index (κ1) is 13.8. The Kier molecular flexibility index (Phi) is 3.28. The highest BCUT2D eigenvalue weighted by atomic mass is 32.2. The lowest BCUT2D eigenvalue weighted by Crippen LogP contribution is -2.15. The molecular weight excluding hydrogens is 298 g/mol. The van der Waals surface area contributed by atoms with E-state index in [9.17, 15) is 18.5 Å². The molecule has 1 N–H and O–H groups in total. The van der Waals surface area contributed by atoms with Crippen LogP contribution in [0.15, 0.2) is 22.6 Å². The molecule has 9 heteroatoms. The molecule has 1 unspecified atom stereocenters. The van der Waals surface area contributed by atoms with Gasteiger partial charge in [-0.2, -0.15) is 4.98 Å². The fourth-order valence-electron chi connectivity index (χ4n) is 2.37. The van der Waals surface area contributed by atoms with Crippen molar-refractivity contribution < 1.29 is 17.8 Å². The van der Waals surface area contributed by atoms with Gasteiger partial charge in [-0.15, -0.1) is 0 Å². The van der Waals surface area contributed by atoms with E-state index in [1.54, 1.807) is 0 Å². The Bertz CT molecular complexity index is 798. The molecule has 112 valence electrons. The van der Waals surface area contributed by atoms with Crippen molar-refractivity contribution in [1.29, 1.82) is 0 Å². The van der Waals surface area contributed by atoms with Crippen molar-refractivity contribution in [2.24, 2.45) is 5.92 Å². The predicted octanol–water partition coefficient (Wildman–Crippen LogP) is 1.58. The minimum absolute atomic E-state index is 0.0411. The summed E-state index contributed by atoms with van der Waals surface area (Å²) in [5.41, 5.74) is 0.778. The Balaban J connectivity index is 1.71. The van der Waals surface area contributed by atoms with Crippen LogP contribution in [0.5, 0.6) is 0 Å². The second-order valence-electron chi connectivity index (χ2n) is 5.08. The minimum Gasteiger partial charge on any atom is -0.423 e. The third kappa shape index (κ3) is 2.97. The fourth-order valence-corrected chi connectivity index (χ4v) is 4.23. The summed E-state index contributed by atoms with van der Waals surface area (Å²) in [6.07, 6.45) is 0.626. The minimum atomic E-state index is -2.91. The number of nitrogens with one attached hydrogen (secondary N) is 1. The second-order valence-corrected chi connectivity index (χ2v) is 7.31. The van der Waals surface area contributed by atoms with E-state index in [0.29, 0.717) is 24.1 Å². The van der Waals surface area contributed by atoms with Gasteiger partial charge in [0, 0.05) is 12.6 Å². The third-order valence-corrected chi connectivity index (χ3v) is 5.29. The number of nitro groups is 1. The molecule has 0 radical (unpaired) electrons. The maximum absolute atomic E-state index is 11.4. The normalized spacial score (nSPS) is 20.7. The van der Waals surface area contributed by atoms with Crippen LogP contribution in [0, 0.1) is 16.0 Å². The van der Waals surface area contributed by atoms with Gasteiger partial charge < -0.3 is 9.73 Å². The first-order chi connectivity index (χ1) is 9.93. The van der Waals surface area contributed by atoms with Crippen LogP contribution >= 0.6 is 0 Å². The lowest BCUT2D eigenvalue weighted by atomic mass is 10.1. The van der Waals surface area contributed by atoms with E-state index in [1.165, 1.54) is 18.2 Å². The maximum Gasteiger partial charge on any atom is 0.295 e. The smallest absolute Gasteiger partial charge is 0.295 e. The molecule has 1 aromatic heterocycles. The zero-order valence-electron chi connectivity index (χ0n) is 11.0. The zero-order valence-corrected chi connectivity index (χ0v) is 11.8. The maximum atomic E-state index is 11.4. The molecule has 1 fully saturated rings. The number of anilines is 1. The van der Waals surface area contributed by atoms with Crippen LogP contribution in [0.4, 0.5) is 11.7 Å². The molecule has 1 saturated heterocycles. The summed E-state index contributed by atoms with van der Waals surface area (Å²) in [5, 5.41) is 13.6. The van der Waals surface area contributed by atoms with Crippen LogP contribution in [0.2, 0.25) is 0 Å². The highest BCUT2D eigenvalue weighted by Gasteiger charge is 2.27. The van der Waals surface area contributed by atoms with Crippen LogP contribution in [0.3, 0.4) is 0 Å². The van der Waals surface area contributed by atoms with Crippen LogP contribution in [0.1, 0.15) is 6.42 Å². The molecule has 2 heterocycles. The molecule has 2 aromatic rings. The number of oxazole rings is 1. The lowest BCUT2D eigenvalue weighted by Gasteiger charge is -2.06. The molecule has 1 aliphatic heterocycles. The van der Waals surface area contributed by atoms with E-state index in [4.69, 9.17) is 4.42 Å². The lowest BCUT2D eigenvalue weighted by molar-refractivity contribution is -0.384. The Morgan fingerprint density at radius 2 is 2.29 bits per heavy atom. The zero-order chi connectivity index (χ0) is 15.0. The van der Waals surface area contributed by atoms with E-state index < -0.39 is 14.8 Å². The highest BCUT2D eigenvalue weighted by molar-refractivity contribution is 7.91. The van der Waals surface area contributed by atoms with Gasteiger partial charge >= 0.3 is 0 Å². The largest absolute Gasteiger partial charge is 0.423 e. The van der Waals surface area contributed by atoms with Gasteiger partial charge in [-0.1, -0.05) is 0 Å². The van der Waals surface area contributed by atoms with Crippen molar-refractivity contribution >= 4 is 32.6 Å². The van der Waals surface area contributed by atoms with Gasteiger partial charge in [0.2, 0.25) is 0 Å². The SMILES string of the molecule is O=[N+]([O-])c1ccc2nc(NCC3CCS(=O)(=O)C3)oc2c1. The molecule has 1 aliphatic rings. The van der Waals surface area contributed by atoms with Crippen molar-refractivity contribution in [3.05, 3.63) is 28.3 Å². The number of hydrogen-bond acceptors (Lipinski definition) is 7. The van der Waals surface area contributed by atoms with E-state index in [-0.39, 0.29) is 29.1 Å². The van der Waals surface area contributed by atoms with Gasteiger partial charge in [0.1, 0.15) is 5.52 Å². The first-order valence-corrected chi connectivity index (χ1v) is 8.24. The topological polar surface area (TPSA) is 115 Å². The van der Waals surface area contributed by atoms with Gasteiger partial charge in [0.05, 0.1) is 22.5 Å². The standard InChI is InChI=1S/C12H13N3O5S/c16-15(17)9-1-2-10-11(5-9)20-12(14-10)13-6-8-3-4-21(18,19)7-8/h1-2,5,8H,3-4,6-7H2,(H,13,14). The quantitative estimate of drug-likeness (QED) is 0.673. The van der Waals surface area contributed by atoms with Crippen molar-refractivity contribution in [1.82, 2.24) is 4.98 Å². The third-order valence-electron chi connectivity index (χ3n) is 3.45. The molecule has 0 aliphatic carbocycles. The number of sulfone groups is 1. The van der Waals surface area contributed by atoms with Crippen LogP contribution < -0.4 is 5.32 Å².